The Morgan fingerprint density at radius 3 is 3.11 bits per heavy atom. The van der Waals surface area contributed by atoms with Crippen LogP contribution >= 0.6 is 0 Å². The van der Waals surface area contributed by atoms with E-state index in [9.17, 15) is 9.18 Å². The molecule has 146 valence electrons. The summed E-state index contributed by atoms with van der Waals surface area (Å²) >= 11 is 0. The first-order valence-corrected chi connectivity index (χ1v) is 9.21. The Balaban J connectivity index is 1.34. The van der Waals surface area contributed by atoms with Crippen LogP contribution in [0, 0.1) is 12.7 Å². The second-order valence-corrected chi connectivity index (χ2v) is 6.89. The van der Waals surface area contributed by atoms with Crippen LogP contribution < -0.4 is 5.32 Å². The van der Waals surface area contributed by atoms with Crippen molar-refractivity contribution >= 4 is 6.03 Å². The van der Waals surface area contributed by atoms with Gasteiger partial charge < -0.3 is 14.7 Å². The molecule has 0 radical (unpaired) electrons. The van der Waals surface area contributed by atoms with E-state index in [1.807, 2.05) is 0 Å². The number of carbonyl (C=O) groups excluding carboxylic acids is 1. The van der Waals surface area contributed by atoms with Gasteiger partial charge in [-0.25, -0.2) is 13.9 Å². The first-order chi connectivity index (χ1) is 13.6. The summed E-state index contributed by atoms with van der Waals surface area (Å²) in [4.78, 5) is 18.6. The summed E-state index contributed by atoms with van der Waals surface area (Å²) in [7, 11) is 0. The van der Waals surface area contributed by atoms with E-state index in [1.165, 1.54) is 12.1 Å². The van der Waals surface area contributed by atoms with Crippen molar-refractivity contribution in [1.29, 1.82) is 0 Å². The van der Waals surface area contributed by atoms with E-state index in [-0.39, 0.29) is 17.8 Å². The number of hydrogen-bond acceptors (Lipinski definition) is 5. The van der Waals surface area contributed by atoms with E-state index in [4.69, 9.17) is 4.52 Å². The van der Waals surface area contributed by atoms with Gasteiger partial charge in [-0.2, -0.15) is 10.1 Å². The second kappa shape index (κ2) is 7.79. The molecule has 2 amide bonds. The van der Waals surface area contributed by atoms with Gasteiger partial charge in [0.15, 0.2) is 5.82 Å². The van der Waals surface area contributed by atoms with Gasteiger partial charge >= 0.3 is 6.03 Å². The van der Waals surface area contributed by atoms with Crippen molar-refractivity contribution in [3.8, 4) is 5.69 Å². The molecule has 2 aromatic heterocycles. The summed E-state index contributed by atoms with van der Waals surface area (Å²) in [5, 5.41) is 11.1. The quantitative estimate of drug-likeness (QED) is 0.747. The predicted molar refractivity (Wildman–Crippen MR) is 98.3 cm³/mol. The molecule has 28 heavy (non-hydrogen) atoms. The number of amides is 2. The van der Waals surface area contributed by atoms with Crippen molar-refractivity contribution < 1.29 is 13.7 Å². The Labute approximate surface area is 161 Å². The lowest BCUT2D eigenvalue weighted by atomic mass is 9.98. The topological polar surface area (TPSA) is 89.1 Å². The zero-order valence-electron chi connectivity index (χ0n) is 15.5. The SMILES string of the molecule is Cc1nc([C@@H]2CCCN(C(=O)NCc3cnn(-c4cccc(F)c4)c3)C2)no1. The summed E-state index contributed by atoms with van der Waals surface area (Å²) in [6, 6.07) is 6.06. The van der Waals surface area contributed by atoms with Gasteiger partial charge in [-0.1, -0.05) is 11.2 Å². The Morgan fingerprint density at radius 1 is 1.43 bits per heavy atom. The van der Waals surface area contributed by atoms with Crippen LogP contribution in [0.1, 0.15) is 36.0 Å². The molecule has 1 aliphatic heterocycles. The van der Waals surface area contributed by atoms with Crippen molar-refractivity contribution in [2.75, 3.05) is 13.1 Å². The number of rotatable bonds is 4. The number of halogens is 1. The Morgan fingerprint density at radius 2 is 2.32 bits per heavy atom. The van der Waals surface area contributed by atoms with E-state index in [0.29, 0.717) is 37.0 Å². The molecule has 1 N–H and O–H groups in total. The van der Waals surface area contributed by atoms with Crippen LogP contribution in [0.2, 0.25) is 0 Å². The molecule has 3 heterocycles. The molecule has 4 rings (SSSR count). The van der Waals surface area contributed by atoms with Crippen LogP contribution in [0.5, 0.6) is 0 Å². The molecule has 0 bridgehead atoms. The fraction of sp³-hybridized carbons (Fsp3) is 0.368. The van der Waals surface area contributed by atoms with Crippen molar-refractivity contribution in [1.82, 2.24) is 30.1 Å². The Hall–Kier alpha value is -3.23. The van der Waals surface area contributed by atoms with Crippen LogP contribution in [-0.2, 0) is 6.54 Å². The first-order valence-electron chi connectivity index (χ1n) is 9.21. The molecule has 1 aliphatic rings. The number of aryl methyl sites for hydroxylation is 1. The van der Waals surface area contributed by atoms with Gasteiger partial charge in [0.1, 0.15) is 5.82 Å². The number of benzene rings is 1. The summed E-state index contributed by atoms with van der Waals surface area (Å²) in [5.41, 5.74) is 1.46. The van der Waals surface area contributed by atoms with Crippen LogP contribution in [0.15, 0.2) is 41.2 Å². The standard InChI is InChI=1S/C19H21FN6O2/c1-13-23-18(24-28-13)15-4-3-7-25(12-15)19(27)21-9-14-10-22-26(11-14)17-6-2-5-16(20)8-17/h2,5-6,8,10-11,15H,3-4,7,9,12H2,1H3,(H,21,27)/t15-/m1/s1. The van der Waals surface area contributed by atoms with Crippen LogP contribution in [-0.4, -0.2) is 43.9 Å². The zero-order valence-corrected chi connectivity index (χ0v) is 15.5. The average molecular weight is 384 g/mol. The second-order valence-electron chi connectivity index (χ2n) is 6.89. The van der Waals surface area contributed by atoms with Crippen LogP contribution in [0.3, 0.4) is 0 Å². The number of piperidine rings is 1. The lowest BCUT2D eigenvalue weighted by molar-refractivity contribution is 0.177. The summed E-state index contributed by atoms with van der Waals surface area (Å²) in [6.45, 7) is 3.36. The molecule has 0 spiro atoms. The van der Waals surface area contributed by atoms with Crippen molar-refractivity contribution in [3.63, 3.8) is 0 Å². The van der Waals surface area contributed by atoms with Crippen LogP contribution in [0.25, 0.3) is 5.69 Å². The van der Waals surface area contributed by atoms with Gasteiger partial charge in [-0.05, 0) is 31.0 Å². The van der Waals surface area contributed by atoms with E-state index < -0.39 is 0 Å². The van der Waals surface area contributed by atoms with Gasteiger partial charge in [0, 0.05) is 44.2 Å². The van der Waals surface area contributed by atoms with Crippen molar-refractivity contribution in [3.05, 3.63) is 59.8 Å². The highest BCUT2D eigenvalue weighted by molar-refractivity contribution is 5.74. The van der Waals surface area contributed by atoms with E-state index in [2.05, 4.69) is 20.6 Å². The molecule has 1 saturated heterocycles. The Kier molecular flexibility index (Phi) is 5.05. The molecule has 3 aromatic rings. The van der Waals surface area contributed by atoms with Crippen molar-refractivity contribution in [2.45, 2.75) is 32.2 Å². The van der Waals surface area contributed by atoms with Crippen LogP contribution in [0.4, 0.5) is 9.18 Å². The number of hydrogen-bond donors (Lipinski definition) is 1. The minimum atomic E-state index is -0.320. The fourth-order valence-electron chi connectivity index (χ4n) is 3.35. The number of urea groups is 1. The molecule has 8 nitrogen and oxygen atoms in total. The Bertz CT molecular complexity index is 969. The number of aromatic nitrogens is 4. The highest BCUT2D eigenvalue weighted by Crippen LogP contribution is 2.24. The monoisotopic (exact) mass is 384 g/mol. The highest BCUT2D eigenvalue weighted by atomic mass is 19.1. The fourth-order valence-corrected chi connectivity index (χ4v) is 3.35. The number of carbonyl (C=O) groups is 1. The van der Waals surface area contributed by atoms with Gasteiger partial charge in [-0.3, -0.25) is 0 Å². The smallest absolute Gasteiger partial charge is 0.317 e. The third kappa shape index (κ3) is 4.03. The minimum absolute atomic E-state index is 0.0904. The molecule has 1 atom stereocenters. The largest absolute Gasteiger partial charge is 0.340 e. The molecule has 1 aromatic carbocycles. The van der Waals surface area contributed by atoms with E-state index >= 15 is 0 Å². The number of nitrogens with one attached hydrogen (secondary N) is 1. The summed E-state index contributed by atoms with van der Waals surface area (Å²) < 4.78 is 20.0. The summed E-state index contributed by atoms with van der Waals surface area (Å²) in [5.74, 6) is 0.963. The average Bonchev–Trinajstić information content (AvgIpc) is 3.35. The third-order valence-corrected chi connectivity index (χ3v) is 4.77. The molecule has 0 saturated carbocycles. The lowest BCUT2D eigenvalue weighted by Gasteiger charge is -2.31. The van der Waals surface area contributed by atoms with Gasteiger partial charge in [0.2, 0.25) is 5.89 Å². The maximum atomic E-state index is 13.4. The maximum Gasteiger partial charge on any atom is 0.317 e. The highest BCUT2D eigenvalue weighted by Gasteiger charge is 2.27. The van der Waals surface area contributed by atoms with E-state index in [0.717, 1.165) is 18.4 Å². The first kappa shape index (κ1) is 18.1. The molecule has 0 aliphatic carbocycles. The zero-order chi connectivity index (χ0) is 19.5. The van der Waals surface area contributed by atoms with E-state index in [1.54, 1.807) is 41.0 Å². The summed E-state index contributed by atoms with van der Waals surface area (Å²) in [6.07, 6.45) is 5.26. The minimum Gasteiger partial charge on any atom is -0.340 e. The van der Waals surface area contributed by atoms with Gasteiger partial charge in [0.25, 0.3) is 0 Å². The predicted octanol–water partition coefficient (Wildman–Crippen LogP) is 2.79. The van der Waals surface area contributed by atoms with Gasteiger partial charge in [0.05, 0.1) is 11.9 Å². The normalized spacial score (nSPS) is 16.9. The van der Waals surface area contributed by atoms with Crippen molar-refractivity contribution in [2.24, 2.45) is 0 Å². The molecular formula is C19H21FN6O2. The molecular weight excluding hydrogens is 363 g/mol. The molecule has 0 unspecified atom stereocenters. The number of nitrogens with zero attached hydrogens (tertiary/aromatic N) is 5. The molecule has 1 fully saturated rings. The molecule has 9 heteroatoms. The number of likely N-dealkylation sites (tertiary alicyclic amines) is 1. The maximum absolute atomic E-state index is 13.4. The third-order valence-electron chi connectivity index (χ3n) is 4.77. The lowest BCUT2D eigenvalue weighted by Crippen LogP contribution is -2.44. The van der Waals surface area contributed by atoms with Gasteiger partial charge in [-0.15, -0.1) is 0 Å².